The van der Waals surface area contributed by atoms with Crippen LogP contribution in [0.4, 0.5) is 18.9 Å². The van der Waals surface area contributed by atoms with E-state index in [-0.39, 0.29) is 12.5 Å². The molecule has 2 aromatic rings. The van der Waals surface area contributed by atoms with Crippen LogP contribution in [0.2, 0.25) is 0 Å². The number of nitrogen functional groups attached to an aromatic ring is 1. The van der Waals surface area contributed by atoms with Gasteiger partial charge >= 0.3 is 6.18 Å². The molecule has 0 amide bonds. The van der Waals surface area contributed by atoms with Crippen LogP contribution in [0.25, 0.3) is 0 Å². The van der Waals surface area contributed by atoms with Gasteiger partial charge in [0.05, 0.1) is 11.3 Å². The summed E-state index contributed by atoms with van der Waals surface area (Å²) in [4.78, 5) is 3.60. The fourth-order valence-corrected chi connectivity index (χ4v) is 1.70. The van der Waals surface area contributed by atoms with Crippen molar-refractivity contribution in [1.29, 1.82) is 0 Å². The van der Waals surface area contributed by atoms with Crippen molar-refractivity contribution in [3.63, 3.8) is 0 Å². The van der Waals surface area contributed by atoms with Gasteiger partial charge in [0.1, 0.15) is 0 Å². The number of halogens is 3. The molecule has 21 heavy (non-hydrogen) atoms. The number of aromatic nitrogens is 1. The third kappa shape index (κ3) is 3.85. The van der Waals surface area contributed by atoms with Crippen LogP contribution in [-0.2, 0) is 12.6 Å². The highest BCUT2D eigenvalue weighted by Gasteiger charge is 2.30. The molecule has 4 nitrogen and oxygen atoms in total. The van der Waals surface area contributed by atoms with Crippen LogP contribution in [0.3, 0.4) is 0 Å². The minimum atomic E-state index is -4.43. The topological polar surface area (TPSA) is 68.4 Å². The summed E-state index contributed by atoms with van der Waals surface area (Å²) >= 11 is 0. The molecule has 1 heterocycles. The van der Waals surface area contributed by atoms with Gasteiger partial charge in [0.2, 0.25) is 5.88 Å². The van der Waals surface area contributed by atoms with E-state index in [9.17, 15) is 13.2 Å². The number of anilines is 1. The minimum absolute atomic E-state index is 0.000103. The van der Waals surface area contributed by atoms with Gasteiger partial charge in [-0.2, -0.15) is 13.2 Å². The van der Waals surface area contributed by atoms with Crippen LogP contribution in [0, 0.1) is 0 Å². The standard InChI is InChI=1S/C14H13F3N2O2/c15-14(16,17)10-2-4-13(19-8-10)21-12-3-1-9(5-6-20)7-11(12)18/h1-4,7-8,20H,5-6,18H2. The number of hydrogen-bond donors (Lipinski definition) is 2. The lowest BCUT2D eigenvalue weighted by atomic mass is 10.1. The number of rotatable bonds is 4. The highest BCUT2D eigenvalue weighted by molar-refractivity contribution is 5.55. The Balaban J connectivity index is 2.15. The summed E-state index contributed by atoms with van der Waals surface area (Å²) in [5.74, 6) is 0.313. The molecule has 0 saturated heterocycles. The number of nitrogens with two attached hydrogens (primary N) is 1. The van der Waals surface area contributed by atoms with Crippen LogP contribution in [-0.4, -0.2) is 16.7 Å². The van der Waals surface area contributed by atoms with E-state index in [0.29, 0.717) is 24.1 Å². The van der Waals surface area contributed by atoms with E-state index in [2.05, 4.69) is 4.98 Å². The van der Waals surface area contributed by atoms with Crippen LogP contribution in [0.15, 0.2) is 36.5 Å². The van der Waals surface area contributed by atoms with Crippen molar-refractivity contribution in [2.24, 2.45) is 0 Å². The van der Waals surface area contributed by atoms with Gasteiger partial charge in [-0.3, -0.25) is 0 Å². The Bertz CT molecular complexity index is 613. The van der Waals surface area contributed by atoms with Gasteiger partial charge in [0.25, 0.3) is 0 Å². The van der Waals surface area contributed by atoms with Gasteiger partial charge in [-0.15, -0.1) is 0 Å². The number of ether oxygens (including phenoxy) is 1. The van der Waals surface area contributed by atoms with Crippen LogP contribution >= 0.6 is 0 Å². The molecule has 1 aromatic carbocycles. The summed E-state index contributed by atoms with van der Waals surface area (Å²) in [7, 11) is 0. The Morgan fingerprint density at radius 3 is 2.48 bits per heavy atom. The zero-order valence-electron chi connectivity index (χ0n) is 10.9. The third-order valence-electron chi connectivity index (χ3n) is 2.75. The molecule has 3 N–H and O–H groups in total. The summed E-state index contributed by atoms with van der Waals surface area (Å²) in [6, 6.07) is 6.95. The van der Waals surface area contributed by atoms with Gasteiger partial charge in [0.15, 0.2) is 5.75 Å². The average Bonchev–Trinajstić information content (AvgIpc) is 2.42. The Morgan fingerprint density at radius 1 is 1.19 bits per heavy atom. The summed E-state index contributed by atoms with van der Waals surface area (Å²) in [5, 5.41) is 8.83. The summed E-state index contributed by atoms with van der Waals surface area (Å²) in [5.41, 5.74) is 6.10. The molecule has 0 radical (unpaired) electrons. The molecule has 112 valence electrons. The molecule has 0 spiro atoms. The molecule has 2 rings (SSSR count). The smallest absolute Gasteiger partial charge is 0.417 e. The summed E-state index contributed by atoms with van der Waals surface area (Å²) in [6.45, 7) is 0.000103. The molecule has 0 saturated carbocycles. The van der Waals surface area contributed by atoms with Gasteiger partial charge in [-0.05, 0) is 30.2 Å². The first-order valence-corrected chi connectivity index (χ1v) is 6.10. The number of aliphatic hydroxyl groups excluding tert-OH is 1. The van der Waals surface area contributed by atoms with Crippen molar-refractivity contribution in [3.05, 3.63) is 47.7 Å². The summed E-state index contributed by atoms with van der Waals surface area (Å²) in [6.07, 6.45) is -3.27. The lowest BCUT2D eigenvalue weighted by Gasteiger charge is -2.10. The molecular formula is C14H13F3N2O2. The largest absolute Gasteiger partial charge is 0.437 e. The highest BCUT2D eigenvalue weighted by Crippen LogP contribution is 2.31. The molecule has 0 atom stereocenters. The number of benzene rings is 1. The van der Waals surface area contributed by atoms with Gasteiger partial charge in [-0.1, -0.05) is 6.07 Å². The monoisotopic (exact) mass is 298 g/mol. The maximum absolute atomic E-state index is 12.4. The highest BCUT2D eigenvalue weighted by atomic mass is 19.4. The molecule has 0 aliphatic carbocycles. The predicted molar refractivity (Wildman–Crippen MR) is 71.0 cm³/mol. The second-order valence-corrected chi connectivity index (χ2v) is 4.33. The average molecular weight is 298 g/mol. The molecule has 0 unspecified atom stereocenters. The van der Waals surface area contributed by atoms with E-state index in [1.54, 1.807) is 18.2 Å². The van der Waals surface area contributed by atoms with Crippen molar-refractivity contribution < 1.29 is 23.0 Å². The van der Waals surface area contributed by atoms with E-state index in [4.69, 9.17) is 15.6 Å². The molecule has 0 bridgehead atoms. The van der Waals surface area contributed by atoms with E-state index in [1.165, 1.54) is 0 Å². The Labute approximate surface area is 119 Å². The Kier molecular flexibility index (Phi) is 4.32. The number of alkyl halides is 3. The first-order chi connectivity index (χ1) is 9.90. The molecule has 0 fully saturated rings. The second kappa shape index (κ2) is 6.01. The first kappa shape index (κ1) is 15.1. The maximum atomic E-state index is 12.4. The van der Waals surface area contributed by atoms with Crippen molar-refractivity contribution in [2.45, 2.75) is 12.6 Å². The van der Waals surface area contributed by atoms with Gasteiger partial charge in [-0.25, -0.2) is 4.98 Å². The van der Waals surface area contributed by atoms with Crippen molar-refractivity contribution in [2.75, 3.05) is 12.3 Å². The summed E-state index contributed by atoms with van der Waals surface area (Å²) < 4.78 is 42.6. The van der Waals surface area contributed by atoms with E-state index in [1.807, 2.05) is 0 Å². The molecule has 0 aliphatic rings. The lowest BCUT2D eigenvalue weighted by Crippen LogP contribution is -2.05. The predicted octanol–water partition coefficient (Wildman–Crippen LogP) is 3.01. The third-order valence-corrected chi connectivity index (χ3v) is 2.75. The number of aliphatic hydroxyl groups is 1. The van der Waals surface area contributed by atoms with Crippen LogP contribution in [0.1, 0.15) is 11.1 Å². The molecular weight excluding hydrogens is 285 g/mol. The van der Waals surface area contributed by atoms with E-state index >= 15 is 0 Å². The van der Waals surface area contributed by atoms with Gasteiger partial charge in [0, 0.05) is 18.9 Å². The maximum Gasteiger partial charge on any atom is 0.417 e. The van der Waals surface area contributed by atoms with Crippen molar-refractivity contribution >= 4 is 5.69 Å². The van der Waals surface area contributed by atoms with Crippen molar-refractivity contribution in [3.8, 4) is 11.6 Å². The Hall–Kier alpha value is -2.28. The van der Waals surface area contributed by atoms with Gasteiger partial charge < -0.3 is 15.6 Å². The second-order valence-electron chi connectivity index (χ2n) is 4.33. The fourth-order valence-electron chi connectivity index (χ4n) is 1.70. The number of hydrogen-bond acceptors (Lipinski definition) is 4. The lowest BCUT2D eigenvalue weighted by molar-refractivity contribution is -0.137. The van der Waals surface area contributed by atoms with E-state index in [0.717, 1.165) is 17.7 Å². The number of pyridine rings is 1. The molecule has 1 aromatic heterocycles. The van der Waals surface area contributed by atoms with Crippen LogP contribution < -0.4 is 10.5 Å². The van der Waals surface area contributed by atoms with E-state index < -0.39 is 11.7 Å². The normalized spacial score (nSPS) is 11.4. The number of nitrogens with zero attached hydrogens (tertiary/aromatic N) is 1. The first-order valence-electron chi connectivity index (χ1n) is 6.10. The fraction of sp³-hybridized carbons (Fsp3) is 0.214. The molecule has 7 heteroatoms. The molecule has 0 aliphatic heterocycles. The quantitative estimate of drug-likeness (QED) is 0.851. The Morgan fingerprint density at radius 2 is 1.95 bits per heavy atom. The minimum Gasteiger partial charge on any atom is -0.437 e. The van der Waals surface area contributed by atoms with Crippen molar-refractivity contribution in [1.82, 2.24) is 4.98 Å². The zero-order chi connectivity index (χ0) is 15.5. The zero-order valence-corrected chi connectivity index (χ0v) is 10.9. The van der Waals surface area contributed by atoms with Crippen LogP contribution in [0.5, 0.6) is 11.6 Å². The SMILES string of the molecule is Nc1cc(CCO)ccc1Oc1ccc(C(F)(F)F)cn1.